The van der Waals surface area contributed by atoms with Gasteiger partial charge in [-0.15, -0.1) is 0 Å². The van der Waals surface area contributed by atoms with Gasteiger partial charge in [0.1, 0.15) is 11.9 Å². The molecule has 0 aliphatic carbocycles. The minimum Gasteiger partial charge on any atom is -0.361 e. The van der Waals surface area contributed by atoms with Gasteiger partial charge in [0.25, 0.3) is 0 Å². The quantitative estimate of drug-likeness (QED) is 0.551. The third-order valence-corrected chi connectivity index (χ3v) is 4.75. The molecule has 2 saturated heterocycles. The molecular weight excluding hydrogens is 401 g/mol. The maximum atomic E-state index is 13.9. The van der Waals surface area contributed by atoms with Crippen molar-refractivity contribution in [2.24, 2.45) is 5.92 Å². The van der Waals surface area contributed by atoms with E-state index in [2.05, 4.69) is 10.7 Å². The van der Waals surface area contributed by atoms with Crippen molar-refractivity contribution in [3.05, 3.63) is 35.1 Å². The second-order valence-electron chi connectivity index (χ2n) is 6.52. The molecule has 0 aromatic heterocycles. The van der Waals surface area contributed by atoms with Crippen molar-refractivity contribution < 1.29 is 40.6 Å². The minimum absolute atomic E-state index is 0.0538. The number of hydrogen-bond donors (Lipinski definition) is 4. The van der Waals surface area contributed by atoms with E-state index in [1.807, 2.05) is 5.32 Å². The van der Waals surface area contributed by atoms with Crippen LogP contribution in [-0.4, -0.2) is 40.8 Å². The van der Waals surface area contributed by atoms with Gasteiger partial charge in [-0.2, -0.15) is 26.3 Å². The number of halogens is 7. The number of alkyl halides is 6. The molecule has 3 rings (SSSR count). The fraction of sp³-hybridized carbons (Fsp3) is 0.533. The van der Waals surface area contributed by atoms with E-state index in [4.69, 9.17) is 0 Å². The molecule has 2 aliphatic heterocycles. The van der Waals surface area contributed by atoms with Crippen molar-refractivity contribution >= 4 is 5.91 Å². The summed E-state index contributed by atoms with van der Waals surface area (Å²) >= 11 is 0. The number of nitrogens with one attached hydrogen (secondary N) is 3. The number of hydrazine groups is 1. The monoisotopic (exact) mass is 416 g/mol. The summed E-state index contributed by atoms with van der Waals surface area (Å²) < 4.78 is 92.0. The molecule has 0 spiro atoms. The van der Waals surface area contributed by atoms with Gasteiger partial charge in [0.05, 0.1) is 17.6 Å². The van der Waals surface area contributed by atoms with E-state index in [-0.39, 0.29) is 5.56 Å². The average molecular weight is 416 g/mol. The smallest absolute Gasteiger partial charge is 0.361 e. The number of carbonyl (C=O) groups excluding carboxylic acids is 1. The highest BCUT2D eigenvalue weighted by Gasteiger charge is 2.60. The van der Waals surface area contributed by atoms with Gasteiger partial charge in [0.15, 0.2) is 6.35 Å². The van der Waals surface area contributed by atoms with Gasteiger partial charge in [-0.05, 0) is 24.6 Å². The maximum Gasteiger partial charge on any atom is 0.419 e. The van der Waals surface area contributed by atoms with E-state index in [1.165, 1.54) is 6.92 Å². The molecule has 5 atom stereocenters. The molecule has 0 radical (unpaired) electrons. The first kappa shape index (κ1) is 20.8. The predicted molar refractivity (Wildman–Crippen MR) is 79.2 cm³/mol. The Morgan fingerprint density at radius 2 is 1.82 bits per heavy atom. The zero-order valence-electron chi connectivity index (χ0n) is 14.1. The topological polar surface area (TPSA) is 76.6 Å². The molecule has 0 saturated carbocycles. The Morgan fingerprint density at radius 3 is 2.36 bits per heavy atom. The van der Waals surface area contributed by atoms with Crippen molar-refractivity contribution in [3.63, 3.8) is 0 Å². The van der Waals surface area contributed by atoms with Gasteiger partial charge < -0.3 is 10.4 Å². The van der Waals surface area contributed by atoms with Crippen LogP contribution in [0, 0.1) is 11.7 Å². The van der Waals surface area contributed by atoms with Gasteiger partial charge >= 0.3 is 12.4 Å². The molecule has 1 aromatic carbocycles. The van der Waals surface area contributed by atoms with Gasteiger partial charge in [0.2, 0.25) is 5.91 Å². The first-order valence-corrected chi connectivity index (χ1v) is 8.03. The molecule has 2 fully saturated rings. The van der Waals surface area contributed by atoms with E-state index in [1.54, 1.807) is 0 Å². The highest BCUT2D eigenvalue weighted by molar-refractivity contribution is 5.81. The van der Waals surface area contributed by atoms with Gasteiger partial charge in [-0.3, -0.25) is 10.1 Å². The molecule has 2 heterocycles. The molecule has 5 unspecified atom stereocenters. The lowest BCUT2D eigenvalue weighted by Gasteiger charge is -2.37. The summed E-state index contributed by atoms with van der Waals surface area (Å²) in [6, 6.07) is -1.37. The lowest BCUT2D eigenvalue weighted by molar-refractivity contribution is -0.172. The summed E-state index contributed by atoms with van der Waals surface area (Å²) in [7, 11) is 0. The van der Waals surface area contributed by atoms with Crippen LogP contribution in [0.25, 0.3) is 0 Å². The lowest BCUT2D eigenvalue weighted by atomic mass is 9.95. The second kappa shape index (κ2) is 6.83. The van der Waals surface area contributed by atoms with E-state index in [0.717, 1.165) is 11.1 Å². The summed E-state index contributed by atoms with van der Waals surface area (Å²) in [5.41, 5.74) is 0.557. The Morgan fingerprint density at radius 1 is 1.18 bits per heavy atom. The first-order chi connectivity index (χ1) is 12.8. The number of aliphatic hydroxyl groups excluding tert-OH is 1. The van der Waals surface area contributed by atoms with Crippen molar-refractivity contribution in [1.82, 2.24) is 21.1 Å². The lowest BCUT2D eigenvalue weighted by Crippen LogP contribution is -2.65. The molecule has 13 heteroatoms. The van der Waals surface area contributed by atoms with Crippen LogP contribution in [0.2, 0.25) is 0 Å². The number of rotatable bonds is 2. The molecule has 0 bridgehead atoms. The Labute approximate surface area is 153 Å². The Hall–Kier alpha value is -1.96. The Bertz CT molecular complexity index is 770. The third-order valence-electron chi connectivity index (χ3n) is 4.75. The van der Waals surface area contributed by atoms with Crippen LogP contribution in [-0.2, 0) is 11.0 Å². The zero-order chi connectivity index (χ0) is 21.0. The zero-order valence-corrected chi connectivity index (χ0v) is 14.1. The van der Waals surface area contributed by atoms with E-state index in [9.17, 15) is 40.6 Å². The van der Waals surface area contributed by atoms with E-state index >= 15 is 0 Å². The van der Waals surface area contributed by atoms with Crippen LogP contribution in [0.4, 0.5) is 30.7 Å². The molecule has 28 heavy (non-hydrogen) atoms. The van der Waals surface area contributed by atoms with Gasteiger partial charge in [0, 0.05) is 6.04 Å². The summed E-state index contributed by atoms with van der Waals surface area (Å²) in [4.78, 5) is 12.0. The molecule has 2 aliphatic rings. The normalized spacial score (nSPS) is 30.1. The molecule has 1 aromatic rings. The average Bonchev–Trinajstić information content (AvgIpc) is 2.92. The van der Waals surface area contributed by atoms with Crippen molar-refractivity contribution in [3.8, 4) is 0 Å². The second-order valence-corrected chi connectivity index (χ2v) is 6.52. The number of amides is 1. The van der Waals surface area contributed by atoms with Crippen LogP contribution in [0.15, 0.2) is 18.2 Å². The van der Waals surface area contributed by atoms with Crippen LogP contribution < -0.4 is 16.1 Å². The van der Waals surface area contributed by atoms with Crippen molar-refractivity contribution in [2.45, 2.75) is 43.9 Å². The fourth-order valence-electron chi connectivity index (χ4n) is 3.40. The van der Waals surface area contributed by atoms with Gasteiger partial charge in [-0.25, -0.2) is 14.8 Å². The molecular formula is C15H15F7N4O2. The third kappa shape index (κ3) is 3.66. The standard InChI is InChI=1S/C15H15F7N4O2/c1-5(6-2-3-7(8(16)4-6)14(17,18)19)26-11-9(10(25-26)15(20,21)22)12(27)24-13(28)23-11/h2-5,9-11,13,23,25,28H,1H3,(H,24,27). The van der Waals surface area contributed by atoms with Crippen LogP contribution >= 0.6 is 0 Å². The number of hydrogen-bond acceptors (Lipinski definition) is 5. The molecule has 156 valence electrons. The largest absolute Gasteiger partial charge is 0.419 e. The van der Waals surface area contributed by atoms with Crippen molar-refractivity contribution in [2.75, 3.05) is 0 Å². The summed E-state index contributed by atoms with van der Waals surface area (Å²) in [6.45, 7) is 1.32. The number of carbonyl (C=O) groups is 1. The van der Waals surface area contributed by atoms with Crippen LogP contribution in [0.1, 0.15) is 24.1 Å². The Balaban J connectivity index is 1.93. The number of benzene rings is 1. The number of aliphatic hydroxyl groups is 1. The van der Waals surface area contributed by atoms with Crippen LogP contribution in [0.3, 0.4) is 0 Å². The maximum absolute atomic E-state index is 13.9. The first-order valence-electron chi connectivity index (χ1n) is 8.03. The van der Waals surface area contributed by atoms with E-state index in [0.29, 0.717) is 12.1 Å². The molecule has 6 nitrogen and oxygen atoms in total. The van der Waals surface area contributed by atoms with E-state index < -0.39 is 60.2 Å². The SMILES string of the molecule is CC(c1ccc(C(F)(F)F)c(F)c1)N1NC(C(F)(F)F)C2C(=O)NC(O)NC21. The molecule has 1 amide bonds. The van der Waals surface area contributed by atoms with Crippen molar-refractivity contribution in [1.29, 1.82) is 0 Å². The minimum atomic E-state index is -4.92. The highest BCUT2D eigenvalue weighted by atomic mass is 19.4. The van der Waals surface area contributed by atoms with Gasteiger partial charge in [-0.1, -0.05) is 6.07 Å². The highest BCUT2D eigenvalue weighted by Crippen LogP contribution is 2.39. The van der Waals surface area contributed by atoms with Crippen LogP contribution in [0.5, 0.6) is 0 Å². The number of nitrogens with zero attached hydrogens (tertiary/aromatic N) is 1. The summed E-state index contributed by atoms with van der Waals surface area (Å²) in [6.07, 6.45) is -12.7. The Kier molecular flexibility index (Phi) is 5.06. The summed E-state index contributed by atoms with van der Waals surface area (Å²) in [5, 5.41) is 14.8. The predicted octanol–water partition coefficient (Wildman–Crippen LogP) is 1.59. The fourth-order valence-corrected chi connectivity index (χ4v) is 3.40. The number of fused-ring (bicyclic) bond motifs is 1. The summed E-state index contributed by atoms with van der Waals surface area (Å²) in [5.74, 6) is -4.31. The molecule has 4 N–H and O–H groups in total.